The van der Waals surface area contributed by atoms with Crippen LogP contribution in [0, 0.1) is 11.3 Å². The maximum Gasteiger partial charge on any atom is 0.235 e. The number of nitrogen functional groups attached to an aromatic ring is 1. The highest BCUT2D eigenvalue weighted by atomic mass is 32.2. The zero-order valence-corrected chi connectivity index (χ0v) is 16.1. The van der Waals surface area contributed by atoms with Crippen LogP contribution >= 0.6 is 23.1 Å². The van der Waals surface area contributed by atoms with E-state index in [0.29, 0.717) is 15.7 Å². The van der Waals surface area contributed by atoms with E-state index in [1.807, 2.05) is 30.3 Å². The van der Waals surface area contributed by atoms with E-state index < -0.39 is 0 Å². The second kappa shape index (κ2) is 7.47. The molecule has 8 heteroatoms. The first kappa shape index (κ1) is 17.6. The smallest absolute Gasteiger partial charge is 0.235 e. The van der Waals surface area contributed by atoms with Gasteiger partial charge < -0.3 is 11.2 Å². The summed E-state index contributed by atoms with van der Waals surface area (Å²) < 4.78 is 1.43. The number of nitriles is 1. The summed E-state index contributed by atoms with van der Waals surface area (Å²) in [5.41, 5.74) is 3.47. The Labute approximate surface area is 165 Å². The number of rotatable bonds is 5. The zero-order valence-electron chi connectivity index (χ0n) is 14.4. The van der Waals surface area contributed by atoms with E-state index in [9.17, 15) is 10.1 Å². The van der Waals surface area contributed by atoms with E-state index in [1.165, 1.54) is 32.7 Å². The standard InChI is InChI=1S/C19H17N5OS2/c20-9-14-13-7-4-8-16(13)27-18(14)23-17(25)11-26-19-22-15(10-24(19)21)12-5-2-1-3-6-12/h1-3,5-6,10H,4,7-8,11,21H2,(H,23,25). The maximum atomic E-state index is 12.4. The number of hydrogen-bond acceptors (Lipinski definition) is 6. The number of anilines is 1. The molecule has 4 rings (SSSR count). The Kier molecular flexibility index (Phi) is 4.88. The molecule has 0 bridgehead atoms. The van der Waals surface area contributed by atoms with Gasteiger partial charge in [0, 0.05) is 10.4 Å². The predicted octanol–water partition coefficient (Wildman–Crippen LogP) is 3.42. The van der Waals surface area contributed by atoms with Crippen LogP contribution in [0.5, 0.6) is 0 Å². The molecular formula is C19H17N5OS2. The molecule has 0 radical (unpaired) electrons. The van der Waals surface area contributed by atoms with Gasteiger partial charge in [0.2, 0.25) is 5.91 Å². The molecule has 0 unspecified atom stereocenters. The van der Waals surface area contributed by atoms with Gasteiger partial charge >= 0.3 is 0 Å². The van der Waals surface area contributed by atoms with Gasteiger partial charge in [-0.2, -0.15) is 5.26 Å². The van der Waals surface area contributed by atoms with Crippen molar-refractivity contribution in [3.8, 4) is 17.3 Å². The number of benzene rings is 1. The molecule has 136 valence electrons. The second-order valence-corrected chi connectivity index (χ2v) is 8.24. The van der Waals surface area contributed by atoms with Crippen LogP contribution < -0.4 is 11.2 Å². The fourth-order valence-corrected chi connectivity index (χ4v) is 5.09. The van der Waals surface area contributed by atoms with Crippen molar-refractivity contribution >= 4 is 34.0 Å². The summed E-state index contributed by atoms with van der Waals surface area (Å²) >= 11 is 2.79. The quantitative estimate of drug-likeness (QED) is 0.510. The number of aromatic nitrogens is 2. The Bertz CT molecular complexity index is 1030. The Hall–Kier alpha value is -2.76. The molecule has 3 N–H and O–H groups in total. The van der Waals surface area contributed by atoms with Gasteiger partial charge in [0.05, 0.1) is 23.2 Å². The molecular weight excluding hydrogens is 378 g/mol. The van der Waals surface area contributed by atoms with Crippen molar-refractivity contribution in [3.63, 3.8) is 0 Å². The predicted molar refractivity (Wildman–Crippen MR) is 108 cm³/mol. The SMILES string of the molecule is N#Cc1c(NC(=O)CSc2nc(-c3ccccc3)cn2N)sc2c1CCC2. The van der Waals surface area contributed by atoms with Gasteiger partial charge in [-0.05, 0) is 24.8 Å². The molecule has 0 spiro atoms. The lowest BCUT2D eigenvalue weighted by Gasteiger charge is -2.04. The minimum absolute atomic E-state index is 0.166. The number of thiophene rings is 1. The number of carbonyl (C=O) groups excluding carboxylic acids is 1. The molecule has 1 aliphatic rings. The number of hydrogen-bond donors (Lipinski definition) is 2. The number of thioether (sulfide) groups is 1. The van der Waals surface area contributed by atoms with Crippen LogP contribution in [0.15, 0.2) is 41.7 Å². The number of nitrogens with one attached hydrogen (secondary N) is 1. The van der Waals surface area contributed by atoms with E-state index in [1.54, 1.807) is 6.20 Å². The molecule has 0 atom stereocenters. The van der Waals surface area contributed by atoms with Gasteiger partial charge in [0.1, 0.15) is 11.1 Å². The second-order valence-electron chi connectivity index (χ2n) is 6.19. The minimum Gasteiger partial charge on any atom is -0.337 e. The Balaban J connectivity index is 1.42. The van der Waals surface area contributed by atoms with Crippen molar-refractivity contribution in [1.82, 2.24) is 9.66 Å². The van der Waals surface area contributed by atoms with Gasteiger partial charge in [-0.25, -0.2) is 9.66 Å². The molecule has 2 aromatic heterocycles. The summed E-state index contributed by atoms with van der Waals surface area (Å²) in [6, 6.07) is 12.0. The summed E-state index contributed by atoms with van der Waals surface area (Å²) in [6.45, 7) is 0. The van der Waals surface area contributed by atoms with Crippen molar-refractivity contribution in [2.24, 2.45) is 0 Å². The number of fused-ring (bicyclic) bond motifs is 1. The van der Waals surface area contributed by atoms with Crippen LogP contribution in [0.2, 0.25) is 0 Å². The summed E-state index contributed by atoms with van der Waals surface area (Å²) in [7, 11) is 0. The first-order valence-electron chi connectivity index (χ1n) is 8.53. The van der Waals surface area contributed by atoms with E-state index in [-0.39, 0.29) is 11.7 Å². The third-order valence-corrected chi connectivity index (χ3v) is 6.56. The topological polar surface area (TPSA) is 96.7 Å². The Morgan fingerprint density at radius 2 is 2.19 bits per heavy atom. The van der Waals surface area contributed by atoms with Crippen molar-refractivity contribution < 1.29 is 4.79 Å². The van der Waals surface area contributed by atoms with Crippen molar-refractivity contribution in [2.45, 2.75) is 24.4 Å². The average molecular weight is 396 g/mol. The summed E-state index contributed by atoms with van der Waals surface area (Å²) in [5, 5.41) is 13.5. The van der Waals surface area contributed by atoms with Gasteiger partial charge in [-0.1, -0.05) is 42.1 Å². The van der Waals surface area contributed by atoms with E-state index in [0.717, 1.165) is 36.1 Å². The third-order valence-electron chi connectivity index (χ3n) is 4.39. The number of nitrogens with two attached hydrogens (primary N) is 1. The first-order valence-corrected chi connectivity index (χ1v) is 10.3. The van der Waals surface area contributed by atoms with Crippen LogP contribution in [0.3, 0.4) is 0 Å². The number of carbonyl (C=O) groups is 1. The fourth-order valence-electron chi connectivity index (χ4n) is 3.13. The van der Waals surface area contributed by atoms with Gasteiger partial charge in [0.15, 0.2) is 5.16 Å². The molecule has 2 heterocycles. The Morgan fingerprint density at radius 1 is 1.37 bits per heavy atom. The highest BCUT2D eigenvalue weighted by Gasteiger charge is 2.23. The largest absolute Gasteiger partial charge is 0.337 e. The average Bonchev–Trinajstić information content (AvgIpc) is 3.35. The minimum atomic E-state index is -0.166. The normalized spacial score (nSPS) is 12.6. The molecule has 1 amide bonds. The molecule has 6 nitrogen and oxygen atoms in total. The van der Waals surface area contributed by atoms with Crippen molar-refractivity contribution in [3.05, 3.63) is 52.5 Å². The van der Waals surface area contributed by atoms with E-state index in [2.05, 4.69) is 16.4 Å². The van der Waals surface area contributed by atoms with Crippen LogP contribution in [-0.2, 0) is 17.6 Å². The highest BCUT2D eigenvalue weighted by molar-refractivity contribution is 7.99. The number of aryl methyl sites for hydroxylation is 1. The van der Waals surface area contributed by atoms with E-state index >= 15 is 0 Å². The Morgan fingerprint density at radius 3 is 2.96 bits per heavy atom. The summed E-state index contributed by atoms with van der Waals surface area (Å²) in [5.74, 6) is 5.98. The lowest BCUT2D eigenvalue weighted by Crippen LogP contribution is -2.15. The molecule has 0 aliphatic heterocycles. The summed E-state index contributed by atoms with van der Waals surface area (Å²) in [6.07, 6.45) is 4.74. The monoisotopic (exact) mass is 395 g/mol. The summed E-state index contributed by atoms with van der Waals surface area (Å²) in [4.78, 5) is 18.1. The lowest BCUT2D eigenvalue weighted by atomic mass is 10.1. The van der Waals surface area contributed by atoms with Crippen LogP contribution in [0.4, 0.5) is 5.00 Å². The van der Waals surface area contributed by atoms with Crippen LogP contribution in [-0.4, -0.2) is 21.3 Å². The number of nitrogens with zero attached hydrogens (tertiary/aromatic N) is 3. The van der Waals surface area contributed by atoms with Gasteiger partial charge in [-0.15, -0.1) is 11.3 Å². The van der Waals surface area contributed by atoms with Crippen LogP contribution in [0.25, 0.3) is 11.3 Å². The van der Waals surface area contributed by atoms with Gasteiger partial charge in [-0.3, -0.25) is 4.79 Å². The van der Waals surface area contributed by atoms with Crippen molar-refractivity contribution in [2.75, 3.05) is 16.9 Å². The van der Waals surface area contributed by atoms with E-state index in [4.69, 9.17) is 5.84 Å². The molecule has 0 fully saturated rings. The molecule has 1 aromatic carbocycles. The lowest BCUT2D eigenvalue weighted by molar-refractivity contribution is -0.113. The molecule has 27 heavy (non-hydrogen) atoms. The molecule has 3 aromatic rings. The molecule has 1 aliphatic carbocycles. The van der Waals surface area contributed by atoms with Crippen LogP contribution in [0.1, 0.15) is 22.4 Å². The fraction of sp³-hybridized carbons (Fsp3) is 0.211. The van der Waals surface area contributed by atoms with Gasteiger partial charge in [0.25, 0.3) is 0 Å². The molecule has 0 saturated heterocycles. The van der Waals surface area contributed by atoms with Crippen molar-refractivity contribution in [1.29, 1.82) is 5.26 Å². The zero-order chi connectivity index (χ0) is 18.8. The molecule has 0 saturated carbocycles. The number of imidazole rings is 1. The third kappa shape index (κ3) is 3.56. The maximum absolute atomic E-state index is 12.4. The first-order chi connectivity index (χ1) is 13.2. The highest BCUT2D eigenvalue weighted by Crippen LogP contribution is 2.38. The number of amides is 1.